The van der Waals surface area contributed by atoms with Gasteiger partial charge in [0, 0.05) is 24.7 Å². The number of nitrogens with zero attached hydrogens (tertiary/aromatic N) is 2. The number of amides is 1. The Bertz CT molecular complexity index is 677. The molecule has 2 N–H and O–H groups in total. The minimum atomic E-state index is -0.00836. The van der Waals surface area contributed by atoms with Crippen molar-refractivity contribution in [1.29, 1.82) is 0 Å². The normalized spacial score (nSPS) is 14.3. The average molecular weight is 289 g/mol. The Morgan fingerprint density at radius 3 is 2.95 bits per heavy atom. The van der Waals surface area contributed by atoms with Crippen molar-refractivity contribution in [3.05, 3.63) is 22.2 Å². The summed E-state index contributed by atoms with van der Waals surface area (Å²) in [7, 11) is 1.80. The quantitative estimate of drug-likeness (QED) is 0.925. The first-order valence-corrected chi connectivity index (χ1v) is 7.89. The number of aryl methyl sites for hydroxylation is 2. The highest BCUT2D eigenvalue weighted by atomic mass is 32.1. The van der Waals surface area contributed by atoms with Crippen molar-refractivity contribution in [2.75, 3.05) is 19.3 Å². The molecule has 2 aromatic heterocycles. The van der Waals surface area contributed by atoms with Gasteiger partial charge < -0.3 is 10.6 Å². The number of pyridine rings is 1. The average Bonchev–Trinajstić information content (AvgIpc) is 2.80. The van der Waals surface area contributed by atoms with Crippen LogP contribution in [0.15, 0.2) is 6.07 Å². The van der Waals surface area contributed by atoms with Crippen molar-refractivity contribution < 1.29 is 4.79 Å². The van der Waals surface area contributed by atoms with Gasteiger partial charge in [0.15, 0.2) is 0 Å². The molecule has 0 bridgehead atoms. The zero-order valence-electron chi connectivity index (χ0n) is 11.9. The molecule has 0 saturated heterocycles. The SMILES string of the molecule is CCN(C)C(=O)c1sc2nc3c(cc2c1N)CCCC3. The Morgan fingerprint density at radius 1 is 1.45 bits per heavy atom. The van der Waals surface area contributed by atoms with Crippen LogP contribution in [0.3, 0.4) is 0 Å². The number of nitrogens with two attached hydrogens (primary N) is 1. The number of aromatic nitrogens is 1. The fourth-order valence-electron chi connectivity index (χ4n) is 2.64. The van der Waals surface area contributed by atoms with Gasteiger partial charge in [-0.25, -0.2) is 4.98 Å². The van der Waals surface area contributed by atoms with E-state index >= 15 is 0 Å². The van der Waals surface area contributed by atoms with Crippen LogP contribution in [0.4, 0.5) is 5.69 Å². The molecule has 0 spiro atoms. The second-order valence-electron chi connectivity index (χ2n) is 5.32. The largest absolute Gasteiger partial charge is 0.397 e. The first kappa shape index (κ1) is 13.4. The van der Waals surface area contributed by atoms with E-state index in [0.717, 1.165) is 23.1 Å². The Morgan fingerprint density at radius 2 is 2.20 bits per heavy atom. The number of rotatable bonds is 2. The second-order valence-corrected chi connectivity index (χ2v) is 6.32. The molecular formula is C15H19N3OS. The lowest BCUT2D eigenvalue weighted by molar-refractivity contribution is 0.0808. The Balaban J connectivity index is 2.12. The summed E-state index contributed by atoms with van der Waals surface area (Å²) < 4.78 is 0. The molecule has 2 aromatic rings. The third-order valence-electron chi connectivity index (χ3n) is 4.01. The van der Waals surface area contributed by atoms with Crippen LogP contribution in [-0.2, 0) is 12.8 Å². The van der Waals surface area contributed by atoms with Crippen LogP contribution < -0.4 is 5.73 Å². The molecule has 0 saturated carbocycles. The van der Waals surface area contributed by atoms with Crippen molar-refractivity contribution in [1.82, 2.24) is 9.88 Å². The molecule has 3 rings (SSSR count). The van der Waals surface area contributed by atoms with E-state index in [-0.39, 0.29) is 5.91 Å². The summed E-state index contributed by atoms with van der Waals surface area (Å²) in [5.74, 6) is -0.00836. The van der Waals surface area contributed by atoms with Crippen molar-refractivity contribution in [2.45, 2.75) is 32.6 Å². The summed E-state index contributed by atoms with van der Waals surface area (Å²) in [5.41, 5.74) is 9.27. The summed E-state index contributed by atoms with van der Waals surface area (Å²) >= 11 is 1.42. The maximum atomic E-state index is 12.3. The minimum absolute atomic E-state index is 0.00836. The predicted octanol–water partition coefficient (Wildman–Crippen LogP) is 2.85. The molecule has 5 heteroatoms. The predicted molar refractivity (Wildman–Crippen MR) is 83.3 cm³/mol. The van der Waals surface area contributed by atoms with Gasteiger partial charge >= 0.3 is 0 Å². The van der Waals surface area contributed by atoms with Gasteiger partial charge in [-0.3, -0.25) is 4.79 Å². The molecule has 1 aliphatic rings. The molecule has 0 fully saturated rings. The molecule has 106 valence electrons. The molecule has 1 amide bonds. The first-order valence-electron chi connectivity index (χ1n) is 7.08. The molecule has 2 heterocycles. The van der Waals surface area contributed by atoms with Gasteiger partial charge in [0.05, 0.1) is 5.69 Å². The molecule has 0 radical (unpaired) electrons. The number of thiophene rings is 1. The van der Waals surface area contributed by atoms with E-state index in [4.69, 9.17) is 10.7 Å². The summed E-state index contributed by atoms with van der Waals surface area (Å²) in [6, 6.07) is 2.14. The van der Waals surface area contributed by atoms with Gasteiger partial charge in [-0.2, -0.15) is 0 Å². The first-order chi connectivity index (χ1) is 9.61. The number of anilines is 1. The van der Waals surface area contributed by atoms with E-state index in [1.807, 2.05) is 6.92 Å². The number of nitrogen functional groups attached to an aromatic ring is 1. The summed E-state index contributed by atoms with van der Waals surface area (Å²) in [4.78, 5) is 20.3. The zero-order valence-corrected chi connectivity index (χ0v) is 12.7. The number of carbonyl (C=O) groups excluding carboxylic acids is 1. The molecule has 0 aliphatic heterocycles. The van der Waals surface area contributed by atoms with Crippen molar-refractivity contribution in [2.24, 2.45) is 0 Å². The van der Waals surface area contributed by atoms with E-state index in [2.05, 4.69) is 6.07 Å². The highest BCUT2D eigenvalue weighted by Crippen LogP contribution is 2.35. The molecular weight excluding hydrogens is 270 g/mol. The topological polar surface area (TPSA) is 59.2 Å². The van der Waals surface area contributed by atoms with E-state index < -0.39 is 0 Å². The Labute approximate surface area is 122 Å². The highest BCUT2D eigenvalue weighted by Gasteiger charge is 2.21. The zero-order chi connectivity index (χ0) is 14.3. The van der Waals surface area contributed by atoms with Gasteiger partial charge in [0.25, 0.3) is 5.91 Å². The molecule has 0 aromatic carbocycles. The standard InChI is InChI=1S/C15H19N3OS/c1-3-18(2)15(19)13-12(16)10-8-9-6-4-5-7-11(9)17-14(10)20-13/h8H,3-7,16H2,1-2H3. The summed E-state index contributed by atoms with van der Waals surface area (Å²) in [6.45, 7) is 2.63. The molecule has 1 aliphatic carbocycles. The fraction of sp³-hybridized carbons (Fsp3) is 0.467. The third kappa shape index (κ3) is 2.06. The number of fused-ring (bicyclic) bond motifs is 2. The van der Waals surface area contributed by atoms with Crippen molar-refractivity contribution >= 4 is 33.1 Å². The van der Waals surface area contributed by atoms with Crippen molar-refractivity contribution in [3.63, 3.8) is 0 Å². The van der Waals surface area contributed by atoms with Crippen LogP contribution in [0.1, 0.15) is 40.7 Å². The fourth-order valence-corrected chi connectivity index (χ4v) is 3.73. The maximum Gasteiger partial charge on any atom is 0.265 e. The summed E-state index contributed by atoms with van der Waals surface area (Å²) in [5, 5.41) is 0.948. The molecule has 20 heavy (non-hydrogen) atoms. The second kappa shape index (κ2) is 5.05. The van der Waals surface area contributed by atoms with Gasteiger partial charge in [-0.15, -0.1) is 11.3 Å². The van der Waals surface area contributed by atoms with Gasteiger partial charge in [-0.05, 0) is 44.2 Å². The lowest BCUT2D eigenvalue weighted by Gasteiger charge is -2.14. The number of hydrogen-bond donors (Lipinski definition) is 1. The van der Waals surface area contributed by atoms with Crippen LogP contribution in [0, 0.1) is 0 Å². The van der Waals surface area contributed by atoms with Crippen molar-refractivity contribution in [3.8, 4) is 0 Å². The number of hydrogen-bond acceptors (Lipinski definition) is 4. The van der Waals surface area contributed by atoms with Gasteiger partial charge in [0.1, 0.15) is 9.71 Å². The van der Waals surface area contributed by atoms with E-state index in [1.54, 1.807) is 11.9 Å². The third-order valence-corrected chi connectivity index (χ3v) is 5.12. The van der Waals surface area contributed by atoms with E-state index in [1.165, 1.54) is 35.4 Å². The molecule has 0 atom stereocenters. The minimum Gasteiger partial charge on any atom is -0.397 e. The molecule has 0 unspecified atom stereocenters. The summed E-state index contributed by atoms with van der Waals surface area (Å²) in [6.07, 6.45) is 4.54. The van der Waals surface area contributed by atoms with Crippen LogP contribution in [0.5, 0.6) is 0 Å². The Kier molecular flexibility index (Phi) is 3.38. The van der Waals surface area contributed by atoms with Crippen LogP contribution in [0.2, 0.25) is 0 Å². The van der Waals surface area contributed by atoms with Crippen LogP contribution >= 0.6 is 11.3 Å². The maximum absolute atomic E-state index is 12.3. The Hall–Kier alpha value is -1.62. The van der Waals surface area contributed by atoms with Gasteiger partial charge in [-0.1, -0.05) is 0 Å². The van der Waals surface area contributed by atoms with E-state index in [0.29, 0.717) is 17.1 Å². The highest BCUT2D eigenvalue weighted by molar-refractivity contribution is 7.21. The van der Waals surface area contributed by atoms with Gasteiger partial charge in [0.2, 0.25) is 0 Å². The number of carbonyl (C=O) groups is 1. The lowest BCUT2D eigenvalue weighted by Crippen LogP contribution is -2.25. The lowest BCUT2D eigenvalue weighted by atomic mass is 9.95. The monoisotopic (exact) mass is 289 g/mol. The van der Waals surface area contributed by atoms with Crippen LogP contribution in [0.25, 0.3) is 10.2 Å². The van der Waals surface area contributed by atoms with Crippen LogP contribution in [-0.4, -0.2) is 29.4 Å². The van der Waals surface area contributed by atoms with E-state index in [9.17, 15) is 4.79 Å². The smallest absolute Gasteiger partial charge is 0.265 e. The molecule has 4 nitrogen and oxygen atoms in total.